The molecule has 6 nitrogen and oxygen atoms in total. The first-order valence-electron chi connectivity index (χ1n) is 10.5. The normalized spacial score (nSPS) is 17.3. The highest BCUT2D eigenvalue weighted by molar-refractivity contribution is 9.10. The average Bonchev–Trinajstić information content (AvgIpc) is 2.84. The van der Waals surface area contributed by atoms with Crippen molar-refractivity contribution in [2.24, 2.45) is 0 Å². The van der Waals surface area contributed by atoms with Gasteiger partial charge in [0.25, 0.3) is 5.91 Å². The van der Waals surface area contributed by atoms with Crippen LogP contribution in [0, 0.1) is 0 Å². The molecule has 0 spiro atoms. The summed E-state index contributed by atoms with van der Waals surface area (Å²) >= 11 is 3.41. The fraction of sp³-hybridized carbons (Fsp3) is 0.333. The summed E-state index contributed by atoms with van der Waals surface area (Å²) < 4.78 is 6.40. The van der Waals surface area contributed by atoms with E-state index in [4.69, 9.17) is 4.74 Å². The second kappa shape index (κ2) is 10.1. The van der Waals surface area contributed by atoms with Gasteiger partial charge >= 0.3 is 0 Å². The Hall–Kier alpha value is -2.64. The third kappa shape index (κ3) is 5.54. The molecular weight excluding hydrogens is 458 g/mol. The molecule has 2 amide bonds. The maximum Gasteiger partial charge on any atom is 0.253 e. The Kier molecular flexibility index (Phi) is 7.04. The second-order valence-corrected chi connectivity index (χ2v) is 8.56. The lowest BCUT2D eigenvalue weighted by Gasteiger charge is -2.34. The van der Waals surface area contributed by atoms with Crippen molar-refractivity contribution < 1.29 is 14.3 Å². The van der Waals surface area contributed by atoms with Crippen LogP contribution >= 0.6 is 15.9 Å². The molecule has 4 rings (SSSR count). The number of carbonyl (C=O) groups is 2. The smallest absolute Gasteiger partial charge is 0.253 e. The minimum atomic E-state index is -0.0233. The van der Waals surface area contributed by atoms with E-state index in [1.807, 2.05) is 59.5 Å². The van der Waals surface area contributed by atoms with E-state index in [-0.39, 0.29) is 11.8 Å². The molecule has 2 aliphatic heterocycles. The van der Waals surface area contributed by atoms with E-state index in [1.165, 1.54) is 0 Å². The molecule has 0 unspecified atom stereocenters. The average molecular weight is 484 g/mol. The van der Waals surface area contributed by atoms with Crippen LogP contribution in [0.2, 0.25) is 0 Å². The van der Waals surface area contributed by atoms with E-state index in [9.17, 15) is 9.59 Å². The molecule has 0 saturated carbocycles. The van der Waals surface area contributed by atoms with Crippen LogP contribution in [0.25, 0.3) is 6.08 Å². The Morgan fingerprint density at radius 3 is 2.06 bits per heavy atom. The van der Waals surface area contributed by atoms with Crippen molar-refractivity contribution in [1.82, 2.24) is 9.80 Å². The predicted molar refractivity (Wildman–Crippen MR) is 125 cm³/mol. The van der Waals surface area contributed by atoms with Gasteiger partial charge in [0, 0.05) is 61.1 Å². The molecule has 162 valence electrons. The molecule has 0 aromatic heterocycles. The van der Waals surface area contributed by atoms with Crippen molar-refractivity contribution in [3.8, 4) is 0 Å². The molecule has 2 heterocycles. The minimum absolute atomic E-state index is 0.0195. The van der Waals surface area contributed by atoms with Gasteiger partial charge in [0.1, 0.15) is 0 Å². The predicted octanol–water partition coefficient (Wildman–Crippen LogP) is 3.28. The molecule has 2 saturated heterocycles. The number of nitrogens with zero attached hydrogens (tertiary/aromatic N) is 3. The Morgan fingerprint density at radius 1 is 0.806 bits per heavy atom. The van der Waals surface area contributed by atoms with Crippen LogP contribution in [0.1, 0.15) is 15.9 Å². The van der Waals surface area contributed by atoms with Crippen molar-refractivity contribution in [3.63, 3.8) is 0 Å². The summed E-state index contributed by atoms with van der Waals surface area (Å²) in [4.78, 5) is 31.2. The van der Waals surface area contributed by atoms with Gasteiger partial charge in [-0.3, -0.25) is 9.59 Å². The molecule has 7 heteroatoms. The van der Waals surface area contributed by atoms with Gasteiger partial charge in [-0.05, 0) is 48.0 Å². The summed E-state index contributed by atoms with van der Waals surface area (Å²) in [6.07, 6.45) is 3.42. The molecule has 0 atom stereocenters. The maximum atomic E-state index is 12.9. The van der Waals surface area contributed by atoms with E-state index in [0.717, 1.165) is 42.0 Å². The standard InChI is InChI=1S/C24H26BrN3O3/c25-21-6-1-19(2-7-21)3-10-23(29)27-11-13-28(14-12-27)24(30)20-4-8-22(9-5-20)26-15-17-31-18-16-26/h1-10H,11-18H2/b10-3+. The highest BCUT2D eigenvalue weighted by Crippen LogP contribution is 2.18. The van der Waals surface area contributed by atoms with Crippen LogP contribution < -0.4 is 4.90 Å². The van der Waals surface area contributed by atoms with E-state index < -0.39 is 0 Å². The van der Waals surface area contributed by atoms with Gasteiger partial charge in [-0.1, -0.05) is 28.1 Å². The van der Waals surface area contributed by atoms with E-state index in [2.05, 4.69) is 20.8 Å². The zero-order chi connectivity index (χ0) is 21.6. The summed E-state index contributed by atoms with van der Waals surface area (Å²) in [6.45, 7) is 5.40. The fourth-order valence-corrected chi connectivity index (χ4v) is 4.06. The number of hydrogen-bond acceptors (Lipinski definition) is 4. The number of carbonyl (C=O) groups excluding carboxylic acids is 2. The topological polar surface area (TPSA) is 53.1 Å². The van der Waals surface area contributed by atoms with Gasteiger partial charge in [-0.25, -0.2) is 0 Å². The fourth-order valence-electron chi connectivity index (χ4n) is 3.80. The van der Waals surface area contributed by atoms with Crippen LogP contribution in [0.15, 0.2) is 59.1 Å². The highest BCUT2D eigenvalue weighted by Gasteiger charge is 2.24. The first kappa shape index (κ1) is 21.6. The number of morpholine rings is 1. The first-order valence-corrected chi connectivity index (χ1v) is 11.3. The molecule has 31 heavy (non-hydrogen) atoms. The van der Waals surface area contributed by atoms with Gasteiger partial charge in [-0.15, -0.1) is 0 Å². The van der Waals surface area contributed by atoms with Gasteiger partial charge in [-0.2, -0.15) is 0 Å². The quantitative estimate of drug-likeness (QED) is 0.626. The molecule has 2 aliphatic rings. The second-order valence-electron chi connectivity index (χ2n) is 7.65. The zero-order valence-corrected chi connectivity index (χ0v) is 19.0. The largest absolute Gasteiger partial charge is 0.378 e. The third-order valence-electron chi connectivity index (χ3n) is 5.66. The lowest BCUT2D eigenvalue weighted by Crippen LogP contribution is -2.50. The lowest BCUT2D eigenvalue weighted by molar-refractivity contribution is -0.127. The van der Waals surface area contributed by atoms with Gasteiger partial charge in [0.05, 0.1) is 13.2 Å². The monoisotopic (exact) mass is 483 g/mol. The van der Waals surface area contributed by atoms with Crippen molar-refractivity contribution in [3.05, 3.63) is 70.2 Å². The number of ether oxygens (including phenoxy) is 1. The molecule has 0 N–H and O–H groups in total. The molecular formula is C24H26BrN3O3. The number of piperazine rings is 1. The molecule has 2 fully saturated rings. The minimum Gasteiger partial charge on any atom is -0.378 e. The van der Waals surface area contributed by atoms with E-state index >= 15 is 0 Å². The molecule has 2 aromatic rings. The van der Waals surface area contributed by atoms with Gasteiger partial charge in [0.2, 0.25) is 5.91 Å². The Morgan fingerprint density at radius 2 is 1.42 bits per heavy atom. The Labute approximate surface area is 191 Å². The van der Waals surface area contributed by atoms with Crippen LogP contribution in [0.5, 0.6) is 0 Å². The van der Waals surface area contributed by atoms with E-state index in [1.54, 1.807) is 11.0 Å². The molecule has 0 aliphatic carbocycles. The van der Waals surface area contributed by atoms with Crippen LogP contribution in [0.3, 0.4) is 0 Å². The van der Waals surface area contributed by atoms with Crippen LogP contribution in [-0.4, -0.2) is 74.1 Å². The van der Waals surface area contributed by atoms with Crippen molar-refractivity contribution >= 4 is 39.5 Å². The SMILES string of the molecule is O=C(/C=C/c1ccc(Br)cc1)N1CCN(C(=O)c2ccc(N3CCOCC3)cc2)CC1. The summed E-state index contributed by atoms with van der Waals surface area (Å²) in [6, 6.07) is 15.6. The molecule has 0 radical (unpaired) electrons. The van der Waals surface area contributed by atoms with Crippen molar-refractivity contribution in [2.75, 3.05) is 57.4 Å². The first-order chi connectivity index (χ1) is 15.1. The van der Waals surface area contributed by atoms with Gasteiger partial charge in [0.15, 0.2) is 0 Å². The molecule has 2 aromatic carbocycles. The summed E-state index contributed by atoms with van der Waals surface area (Å²) in [5.74, 6) is -0.00378. The van der Waals surface area contributed by atoms with Gasteiger partial charge < -0.3 is 19.4 Å². The lowest BCUT2D eigenvalue weighted by atomic mass is 10.1. The highest BCUT2D eigenvalue weighted by atomic mass is 79.9. The summed E-state index contributed by atoms with van der Waals surface area (Å²) in [7, 11) is 0. The van der Waals surface area contributed by atoms with Crippen LogP contribution in [-0.2, 0) is 9.53 Å². The zero-order valence-electron chi connectivity index (χ0n) is 17.4. The van der Waals surface area contributed by atoms with Crippen molar-refractivity contribution in [2.45, 2.75) is 0 Å². The van der Waals surface area contributed by atoms with Crippen LogP contribution in [0.4, 0.5) is 5.69 Å². The third-order valence-corrected chi connectivity index (χ3v) is 6.19. The maximum absolute atomic E-state index is 12.9. The van der Waals surface area contributed by atoms with Crippen molar-refractivity contribution in [1.29, 1.82) is 0 Å². The molecule has 0 bridgehead atoms. The summed E-state index contributed by atoms with van der Waals surface area (Å²) in [5.41, 5.74) is 2.78. The number of anilines is 1. The van der Waals surface area contributed by atoms with E-state index in [0.29, 0.717) is 31.7 Å². The Bertz CT molecular complexity index is 930. The number of hydrogen-bond donors (Lipinski definition) is 0. The summed E-state index contributed by atoms with van der Waals surface area (Å²) in [5, 5.41) is 0. The number of halogens is 1. The number of amides is 2. The Balaban J connectivity index is 1.29. The number of rotatable bonds is 4. The number of benzene rings is 2.